The monoisotopic (exact) mass is 304 g/mol. The molecule has 122 valence electrons. The zero-order valence-electron chi connectivity index (χ0n) is 13.8. The molecule has 1 aliphatic heterocycles. The lowest BCUT2D eigenvalue weighted by Crippen LogP contribution is -2.40. The molecule has 2 rings (SSSR count). The summed E-state index contributed by atoms with van der Waals surface area (Å²) in [6.07, 6.45) is 7.60. The molecule has 2 heterocycles. The molecule has 0 saturated carbocycles. The van der Waals surface area contributed by atoms with Crippen molar-refractivity contribution in [1.82, 2.24) is 15.2 Å². The number of carbonyl (C=O) groups is 1. The molecule has 22 heavy (non-hydrogen) atoms. The second kappa shape index (κ2) is 8.73. The second-order valence-corrected chi connectivity index (χ2v) is 6.05. The third-order valence-electron chi connectivity index (χ3n) is 4.27. The van der Waals surface area contributed by atoms with E-state index in [1.54, 1.807) is 6.20 Å². The summed E-state index contributed by atoms with van der Waals surface area (Å²) in [4.78, 5) is 18.6. The zero-order valence-corrected chi connectivity index (χ0v) is 13.8. The van der Waals surface area contributed by atoms with Crippen LogP contribution in [0.3, 0.4) is 0 Å². The molecular weight excluding hydrogens is 276 g/mol. The van der Waals surface area contributed by atoms with E-state index in [1.165, 1.54) is 25.8 Å². The molecule has 1 aromatic rings. The Kier molecular flexibility index (Phi) is 6.65. The van der Waals surface area contributed by atoms with Crippen molar-refractivity contribution in [1.29, 1.82) is 0 Å². The fourth-order valence-corrected chi connectivity index (χ4v) is 2.77. The van der Waals surface area contributed by atoms with E-state index in [9.17, 15) is 4.79 Å². The summed E-state index contributed by atoms with van der Waals surface area (Å²) in [5.41, 5.74) is 1.45. The fourth-order valence-electron chi connectivity index (χ4n) is 2.77. The maximum absolute atomic E-state index is 12.0. The molecule has 1 amide bonds. The highest BCUT2D eigenvalue weighted by Gasteiger charge is 2.18. The number of piperidine rings is 1. The van der Waals surface area contributed by atoms with Crippen LogP contribution in [-0.4, -0.2) is 48.5 Å². The molecular formula is C17H28N4O. The summed E-state index contributed by atoms with van der Waals surface area (Å²) in [6.45, 7) is 4.91. The van der Waals surface area contributed by atoms with Crippen LogP contribution in [0.5, 0.6) is 0 Å². The Hall–Kier alpha value is -1.62. The number of hydrogen-bond donors (Lipinski definition) is 2. The maximum Gasteiger partial charge on any atom is 0.269 e. The van der Waals surface area contributed by atoms with Crippen LogP contribution in [0.1, 0.15) is 49.5 Å². The van der Waals surface area contributed by atoms with Crippen LogP contribution in [-0.2, 0) is 0 Å². The minimum absolute atomic E-state index is 0.0908. The van der Waals surface area contributed by atoms with Gasteiger partial charge in [-0.3, -0.25) is 9.78 Å². The molecule has 1 aliphatic rings. The molecule has 0 aromatic carbocycles. The van der Waals surface area contributed by atoms with Gasteiger partial charge in [0.05, 0.1) is 0 Å². The Morgan fingerprint density at radius 3 is 3.09 bits per heavy atom. The first kappa shape index (κ1) is 16.7. The van der Waals surface area contributed by atoms with E-state index in [1.807, 2.05) is 12.1 Å². The highest BCUT2D eigenvalue weighted by molar-refractivity contribution is 5.93. The largest absolute Gasteiger partial charge is 0.383 e. The van der Waals surface area contributed by atoms with Crippen LogP contribution in [0.15, 0.2) is 18.3 Å². The van der Waals surface area contributed by atoms with Gasteiger partial charge < -0.3 is 15.5 Å². The first-order chi connectivity index (χ1) is 10.7. The van der Waals surface area contributed by atoms with Gasteiger partial charge in [-0.25, -0.2) is 0 Å². The summed E-state index contributed by atoms with van der Waals surface area (Å²) in [6, 6.07) is 4.33. The molecule has 5 heteroatoms. The number of aromatic nitrogens is 1. The summed E-state index contributed by atoms with van der Waals surface area (Å²) in [7, 11) is 2.19. The van der Waals surface area contributed by atoms with Gasteiger partial charge in [0, 0.05) is 31.0 Å². The lowest BCUT2D eigenvalue weighted by Gasteiger charge is -2.32. The molecule has 0 radical (unpaired) electrons. The quantitative estimate of drug-likeness (QED) is 0.760. The number of unbranched alkanes of at least 4 members (excludes halogenated alkanes) is 1. The van der Waals surface area contributed by atoms with Gasteiger partial charge in [-0.2, -0.15) is 0 Å². The van der Waals surface area contributed by atoms with Crippen LogP contribution in [0.25, 0.3) is 0 Å². The van der Waals surface area contributed by atoms with Gasteiger partial charge in [0.25, 0.3) is 5.91 Å². The van der Waals surface area contributed by atoms with Crippen LogP contribution in [0.4, 0.5) is 5.69 Å². The Morgan fingerprint density at radius 1 is 1.45 bits per heavy atom. The number of carbonyl (C=O) groups excluding carboxylic acids is 1. The van der Waals surface area contributed by atoms with Crippen LogP contribution < -0.4 is 10.6 Å². The molecule has 5 nitrogen and oxygen atoms in total. The molecule has 0 aliphatic carbocycles. The average molecular weight is 304 g/mol. The van der Waals surface area contributed by atoms with E-state index in [0.29, 0.717) is 18.3 Å². The first-order valence-electron chi connectivity index (χ1n) is 8.39. The highest BCUT2D eigenvalue weighted by Crippen LogP contribution is 2.16. The Bertz CT molecular complexity index is 477. The number of nitrogens with zero attached hydrogens (tertiary/aromatic N) is 2. The van der Waals surface area contributed by atoms with Crippen molar-refractivity contribution in [3.63, 3.8) is 0 Å². The van der Waals surface area contributed by atoms with Crippen molar-refractivity contribution in [2.45, 2.75) is 45.1 Å². The Balaban J connectivity index is 1.86. The number of likely N-dealkylation sites (N-methyl/N-ethyl adjacent to an activating group) is 1. The minimum atomic E-state index is -0.0908. The third-order valence-corrected chi connectivity index (χ3v) is 4.27. The van der Waals surface area contributed by atoms with Gasteiger partial charge in [0.2, 0.25) is 0 Å². The number of likely N-dealkylation sites (tertiary alicyclic amines) is 1. The third kappa shape index (κ3) is 4.98. The van der Waals surface area contributed by atoms with Crippen molar-refractivity contribution in [3.05, 3.63) is 24.0 Å². The molecule has 1 unspecified atom stereocenters. The van der Waals surface area contributed by atoms with E-state index < -0.39 is 0 Å². The van der Waals surface area contributed by atoms with E-state index in [0.717, 1.165) is 25.1 Å². The standard InChI is InChI=1S/C17H28N4O/c1-3-4-9-19-17(22)16-12-14(8-10-18-16)20-13-15-7-5-6-11-21(15)2/h8,10,12,15H,3-7,9,11,13H2,1-2H3,(H,18,20)(H,19,22). The van der Waals surface area contributed by atoms with Gasteiger partial charge in [-0.1, -0.05) is 19.8 Å². The van der Waals surface area contributed by atoms with Crippen molar-refractivity contribution in [2.75, 3.05) is 32.0 Å². The van der Waals surface area contributed by atoms with Crippen molar-refractivity contribution >= 4 is 11.6 Å². The zero-order chi connectivity index (χ0) is 15.8. The lowest BCUT2D eigenvalue weighted by atomic mass is 10.0. The van der Waals surface area contributed by atoms with E-state index in [-0.39, 0.29) is 5.91 Å². The van der Waals surface area contributed by atoms with Gasteiger partial charge in [-0.15, -0.1) is 0 Å². The number of hydrogen-bond acceptors (Lipinski definition) is 4. The molecule has 1 fully saturated rings. The Morgan fingerprint density at radius 2 is 2.32 bits per heavy atom. The normalized spacial score (nSPS) is 18.9. The van der Waals surface area contributed by atoms with E-state index in [4.69, 9.17) is 0 Å². The number of anilines is 1. The Labute approximate surface area is 133 Å². The predicted molar refractivity (Wildman–Crippen MR) is 90.2 cm³/mol. The van der Waals surface area contributed by atoms with E-state index in [2.05, 4.69) is 34.5 Å². The summed E-state index contributed by atoms with van der Waals surface area (Å²) >= 11 is 0. The van der Waals surface area contributed by atoms with Crippen molar-refractivity contribution < 1.29 is 4.79 Å². The van der Waals surface area contributed by atoms with Crippen LogP contribution in [0, 0.1) is 0 Å². The molecule has 1 atom stereocenters. The first-order valence-corrected chi connectivity index (χ1v) is 8.39. The van der Waals surface area contributed by atoms with Gasteiger partial charge >= 0.3 is 0 Å². The number of amides is 1. The topological polar surface area (TPSA) is 57.3 Å². The van der Waals surface area contributed by atoms with Crippen LogP contribution >= 0.6 is 0 Å². The molecule has 2 N–H and O–H groups in total. The van der Waals surface area contributed by atoms with Gasteiger partial charge in [0.1, 0.15) is 5.69 Å². The van der Waals surface area contributed by atoms with Gasteiger partial charge in [-0.05, 0) is 45.0 Å². The fraction of sp³-hybridized carbons (Fsp3) is 0.647. The highest BCUT2D eigenvalue weighted by atomic mass is 16.1. The maximum atomic E-state index is 12.0. The number of rotatable bonds is 7. The number of pyridine rings is 1. The van der Waals surface area contributed by atoms with Crippen molar-refractivity contribution in [3.8, 4) is 0 Å². The SMILES string of the molecule is CCCCNC(=O)c1cc(NCC2CCCCN2C)ccn1. The average Bonchev–Trinajstić information content (AvgIpc) is 2.54. The minimum Gasteiger partial charge on any atom is -0.383 e. The smallest absolute Gasteiger partial charge is 0.269 e. The van der Waals surface area contributed by atoms with E-state index >= 15 is 0 Å². The van der Waals surface area contributed by atoms with Crippen LogP contribution in [0.2, 0.25) is 0 Å². The predicted octanol–water partition coefficient (Wildman–Crippen LogP) is 2.51. The molecule has 0 bridgehead atoms. The molecule has 1 saturated heterocycles. The van der Waals surface area contributed by atoms with Gasteiger partial charge in [0.15, 0.2) is 0 Å². The summed E-state index contributed by atoms with van der Waals surface area (Å²) in [5.74, 6) is -0.0908. The summed E-state index contributed by atoms with van der Waals surface area (Å²) < 4.78 is 0. The molecule has 0 spiro atoms. The number of nitrogens with one attached hydrogen (secondary N) is 2. The molecule has 1 aromatic heterocycles. The second-order valence-electron chi connectivity index (χ2n) is 6.05. The summed E-state index contributed by atoms with van der Waals surface area (Å²) in [5, 5.41) is 6.35. The van der Waals surface area contributed by atoms with Crippen molar-refractivity contribution in [2.24, 2.45) is 0 Å². The lowest BCUT2D eigenvalue weighted by molar-refractivity contribution is 0.0948.